The van der Waals surface area contributed by atoms with Gasteiger partial charge in [0.2, 0.25) is 0 Å². The van der Waals surface area contributed by atoms with Crippen molar-refractivity contribution >= 4 is 41.4 Å². The molecule has 0 fully saturated rings. The summed E-state index contributed by atoms with van der Waals surface area (Å²) in [5.41, 5.74) is 0.734. The van der Waals surface area contributed by atoms with Gasteiger partial charge in [0.25, 0.3) is 0 Å². The molecule has 2 aromatic carbocycles. The number of rotatable bonds is 4. The normalized spacial score (nSPS) is 14.2. The number of hydrogen-bond acceptors (Lipinski definition) is 0. The highest BCUT2D eigenvalue weighted by atomic mass is 79.9. The van der Waals surface area contributed by atoms with Crippen LogP contribution in [0.25, 0.3) is 11.1 Å². The monoisotopic (exact) mass is 490 g/mol. The first kappa shape index (κ1) is 23.8. The van der Waals surface area contributed by atoms with Crippen LogP contribution in [-0.4, -0.2) is 20.9 Å². The number of halogens is 1. The second kappa shape index (κ2) is 7.68. The summed E-state index contributed by atoms with van der Waals surface area (Å²) in [4.78, 5) is 0. The van der Waals surface area contributed by atoms with Crippen molar-refractivity contribution in [1.29, 1.82) is 0 Å². The molecule has 0 saturated heterocycles. The fraction of sp³-hybridized carbons (Fsp3) is 0.500. The van der Waals surface area contributed by atoms with Crippen LogP contribution < -0.4 is 5.19 Å². The van der Waals surface area contributed by atoms with Gasteiger partial charge in [0.1, 0.15) is 5.73 Å². The van der Waals surface area contributed by atoms with E-state index in [1.54, 1.807) is 5.19 Å². The van der Waals surface area contributed by atoms with Gasteiger partial charge in [-0.2, -0.15) is 0 Å². The molecule has 4 heteroatoms. The lowest BCUT2D eigenvalue weighted by molar-refractivity contribution is 0.727. The van der Waals surface area contributed by atoms with Crippen molar-refractivity contribution in [1.82, 2.24) is 0 Å². The van der Waals surface area contributed by atoms with Gasteiger partial charge in [0.15, 0.2) is 0 Å². The fourth-order valence-electron chi connectivity index (χ4n) is 4.06. The van der Waals surface area contributed by atoms with Gasteiger partial charge >= 0.3 is 0 Å². The third-order valence-electron chi connectivity index (χ3n) is 7.86. The quantitative estimate of drug-likeness (QED) is 0.300. The van der Waals surface area contributed by atoms with Gasteiger partial charge < -0.3 is 0 Å². The van der Waals surface area contributed by atoms with Crippen molar-refractivity contribution in [3.63, 3.8) is 0 Å². The van der Waals surface area contributed by atoms with Gasteiger partial charge in [-0.1, -0.05) is 128 Å². The second-order valence-electron chi connectivity index (χ2n) is 11.4. The van der Waals surface area contributed by atoms with Crippen LogP contribution in [0.2, 0.25) is 36.3 Å². The molecular formula is C24H39BrSi3. The summed E-state index contributed by atoms with van der Waals surface area (Å²) < 4.78 is 0. The molecule has 0 amide bonds. The zero-order valence-corrected chi connectivity index (χ0v) is 24.2. The fourth-order valence-corrected chi connectivity index (χ4v) is 58.3. The Morgan fingerprint density at radius 3 is 1.29 bits per heavy atom. The Hall–Kier alpha value is -0.429. The molecule has 0 bridgehead atoms. The van der Waals surface area contributed by atoms with Crippen molar-refractivity contribution in [2.75, 3.05) is 0 Å². The Balaban J connectivity index is 2.70. The number of benzene rings is 2. The van der Waals surface area contributed by atoms with E-state index in [4.69, 9.17) is 0 Å². The van der Waals surface area contributed by atoms with Crippen molar-refractivity contribution in [2.45, 2.75) is 77.8 Å². The van der Waals surface area contributed by atoms with Crippen LogP contribution in [-0.2, 0) is 0 Å². The molecule has 0 aliphatic rings. The highest BCUT2D eigenvalue weighted by molar-refractivity contribution is 9.30. The third kappa shape index (κ3) is 3.82. The van der Waals surface area contributed by atoms with Crippen molar-refractivity contribution < 1.29 is 0 Å². The van der Waals surface area contributed by atoms with E-state index in [0.29, 0.717) is 10.1 Å². The maximum Gasteiger partial charge on any atom is 0.143 e. The molecule has 0 aliphatic heterocycles. The van der Waals surface area contributed by atoms with Crippen LogP contribution in [0.15, 0.2) is 54.6 Å². The minimum Gasteiger partial charge on any atom is -0.127 e. The molecule has 0 radical (unpaired) electrons. The Bertz CT molecular complexity index is 768. The molecule has 154 valence electrons. The van der Waals surface area contributed by atoms with Crippen LogP contribution in [0.5, 0.6) is 0 Å². The van der Waals surface area contributed by atoms with Crippen molar-refractivity contribution in [2.24, 2.45) is 0 Å². The lowest BCUT2D eigenvalue weighted by atomic mass is 10.1. The molecular weight excluding hydrogens is 452 g/mol. The highest BCUT2D eigenvalue weighted by Crippen LogP contribution is 2.53. The summed E-state index contributed by atoms with van der Waals surface area (Å²) in [6.45, 7) is 25.5. The largest absolute Gasteiger partial charge is 0.143 e. The molecule has 0 aliphatic carbocycles. The second-order valence-corrected chi connectivity index (χ2v) is 44.2. The average Bonchev–Trinajstić information content (AvgIpc) is 2.59. The summed E-state index contributed by atoms with van der Waals surface area (Å²) in [5, 5.41) is 2.33. The molecule has 0 N–H and O–H groups in total. The van der Waals surface area contributed by atoms with Gasteiger partial charge in [-0.3, -0.25) is 0 Å². The predicted molar refractivity (Wildman–Crippen MR) is 141 cm³/mol. The van der Waals surface area contributed by atoms with Gasteiger partial charge in [0.05, 0.1) is 15.2 Å². The Labute approximate surface area is 184 Å². The van der Waals surface area contributed by atoms with Gasteiger partial charge in [0, 0.05) is 0 Å². The van der Waals surface area contributed by atoms with Crippen LogP contribution in [0.3, 0.4) is 0 Å². The maximum atomic E-state index is 4.65. The molecule has 0 saturated carbocycles. The highest BCUT2D eigenvalue weighted by Gasteiger charge is 2.65. The van der Waals surface area contributed by atoms with E-state index in [9.17, 15) is 0 Å². The first-order valence-electron chi connectivity index (χ1n) is 10.4. The summed E-state index contributed by atoms with van der Waals surface area (Å²) in [6.07, 6.45) is 0. The topological polar surface area (TPSA) is 0 Å². The standard InChI is InChI=1S/C24H39BrSi3/c1-23(2,3)26(7,8)28(25,27(9,10)24(4,5)6)22-18-16-21(17-19-22)20-14-12-11-13-15-20/h11-19H,1-10H3. The Morgan fingerprint density at radius 1 is 0.571 bits per heavy atom. The predicted octanol–water partition coefficient (Wildman–Crippen LogP) is 8.07. The van der Waals surface area contributed by atoms with E-state index in [0.717, 1.165) is 0 Å². The van der Waals surface area contributed by atoms with E-state index in [2.05, 4.69) is 138 Å². The smallest absolute Gasteiger partial charge is 0.127 e. The van der Waals surface area contributed by atoms with Crippen molar-refractivity contribution in [3.8, 4) is 11.1 Å². The summed E-state index contributed by atoms with van der Waals surface area (Å²) >= 11 is 4.65. The van der Waals surface area contributed by atoms with Gasteiger partial charge in [-0.25, -0.2) is 0 Å². The van der Waals surface area contributed by atoms with E-state index in [-0.39, 0.29) is 0 Å². The van der Waals surface area contributed by atoms with Crippen LogP contribution in [0, 0.1) is 0 Å². The molecule has 0 aromatic heterocycles. The lowest BCUT2D eigenvalue weighted by Gasteiger charge is -2.58. The molecule has 0 nitrogen and oxygen atoms in total. The van der Waals surface area contributed by atoms with E-state index in [1.165, 1.54) is 11.1 Å². The van der Waals surface area contributed by atoms with Crippen LogP contribution in [0.1, 0.15) is 41.5 Å². The lowest BCUT2D eigenvalue weighted by Crippen LogP contribution is -2.80. The number of hydrogen-bond donors (Lipinski definition) is 0. The molecule has 2 aromatic rings. The SMILES string of the molecule is CC(C)(C)[Si](C)(C)[Si](Br)(c1ccc(-c2ccccc2)cc1)[Si](C)(C)C(C)(C)C. The molecule has 0 atom stereocenters. The zero-order chi connectivity index (χ0) is 21.6. The molecule has 0 spiro atoms. The molecule has 28 heavy (non-hydrogen) atoms. The maximum absolute atomic E-state index is 4.65. The minimum atomic E-state index is -1.89. The van der Waals surface area contributed by atoms with Crippen LogP contribution >= 0.6 is 15.3 Å². The summed E-state index contributed by atoms with van der Waals surface area (Å²) in [7, 11) is -3.25. The van der Waals surface area contributed by atoms with Gasteiger partial charge in [-0.05, 0) is 21.2 Å². The third-order valence-corrected chi connectivity index (χ3v) is 67.0. The minimum absolute atomic E-state index is 0.357. The Morgan fingerprint density at radius 2 is 0.929 bits per heavy atom. The first-order valence-corrected chi connectivity index (χ1v) is 22.7. The zero-order valence-electron chi connectivity index (χ0n) is 19.6. The summed E-state index contributed by atoms with van der Waals surface area (Å²) in [6, 6.07) is 20.4. The van der Waals surface area contributed by atoms with Gasteiger partial charge in [-0.15, -0.1) is 15.3 Å². The molecule has 0 unspecified atom stereocenters. The first-order chi connectivity index (χ1) is 12.6. The summed E-state index contributed by atoms with van der Waals surface area (Å²) in [5.74, 6) is 0. The molecule has 0 heterocycles. The van der Waals surface area contributed by atoms with Crippen LogP contribution in [0.4, 0.5) is 0 Å². The molecule has 2 rings (SSSR count). The van der Waals surface area contributed by atoms with Crippen molar-refractivity contribution in [3.05, 3.63) is 54.6 Å². The average molecular weight is 492 g/mol. The van der Waals surface area contributed by atoms with E-state index < -0.39 is 20.9 Å². The Kier molecular flexibility index (Phi) is 6.54. The van der Waals surface area contributed by atoms with E-state index in [1.807, 2.05) is 0 Å². The van der Waals surface area contributed by atoms with E-state index >= 15 is 0 Å².